The van der Waals surface area contributed by atoms with Crippen molar-refractivity contribution in [2.75, 3.05) is 0 Å². The van der Waals surface area contributed by atoms with Gasteiger partial charge >= 0.3 is 5.69 Å². The third-order valence-electron chi connectivity index (χ3n) is 1.58. The van der Waals surface area contributed by atoms with Gasteiger partial charge in [-0.2, -0.15) is 4.68 Å². The van der Waals surface area contributed by atoms with E-state index >= 15 is 0 Å². The maximum Gasteiger partial charge on any atom is 0.365 e. The highest BCUT2D eigenvalue weighted by molar-refractivity contribution is 7.15. The number of hydrogen-bond acceptors (Lipinski definition) is 4. The zero-order valence-electron chi connectivity index (χ0n) is 6.61. The summed E-state index contributed by atoms with van der Waals surface area (Å²) < 4.78 is 1.68. The van der Waals surface area contributed by atoms with E-state index in [1.54, 1.807) is 0 Å². The monoisotopic (exact) mass is 216 g/mol. The normalized spacial score (nSPS) is 10.6. The van der Waals surface area contributed by atoms with E-state index in [0.717, 1.165) is 10.2 Å². The molecule has 2 aromatic rings. The molecule has 5 nitrogen and oxygen atoms in total. The van der Waals surface area contributed by atoms with Gasteiger partial charge in [-0.15, -0.1) is 11.3 Å². The quantitative estimate of drug-likeness (QED) is 0.773. The number of nitrogens with zero attached hydrogens (tertiary/aromatic N) is 3. The highest BCUT2D eigenvalue weighted by Gasteiger charge is 2.12. The molecule has 0 spiro atoms. The molecule has 0 aliphatic rings. The number of halogens is 1. The van der Waals surface area contributed by atoms with Crippen LogP contribution in [0.4, 0.5) is 0 Å². The second kappa shape index (κ2) is 2.97. The third kappa shape index (κ3) is 1.27. The second-order valence-corrected chi connectivity index (χ2v) is 3.94. The Kier molecular flexibility index (Phi) is 1.93. The number of aromatic amines is 1. The van der Waals surface area contributed by atoms with Crippen molar-refractivity contribution in [3.63, 3.8) is 0 Å². The Morgan fingerprint density at radius 2 is 2.46 bits per heavy atom. The van der Waals surface area contributed by atoms with Crippen molar-refractivity contribution in [1.82, 2.24) is 20.2 Å². The van der Waals surface area contributed by atoms with Crippen molar-refractivity contribution < 1.29 is 0 Å². The van der Waals surface area contributed by atoms with Crippen LogP contribution in [0, 0.1) is 6.92 Å². The van der Waals surface area contributed by atoms with Gasteiger partial charge < -0.3 is 0 Å². The first-order valence-electron chi connectivity index (χ1n) is 3.44. The summed E-state index contributed by atoms with van der Waals surface area (Å²) in [6.07, 6.45) is 0. The van der Waals surface area contributed by atoms with Crippen molar-refractivity contribution in [1.29, 1.82) is 0 Å². The summed E-state index contributed by atoms with van der Waals surface area (Å²) in [4.78, 5) is 11.2. The summed E-state index contributed by atoms with van der Waals surface area (Å²) in [7, 11) is 0. The first-order valence-corrected chi connectivity index (χ1v) is 4.70. The van der Waals surface area contributed by atoms with Crippen LogP contribution in [0.3, 0.4) is 0 Å². The molecule has 0 fully saturated rings. The van der Waals surface area contributed by atoms with Crippen LogP contribution in [0.15, 0.2) is 10.2 Å². The van der Waals surface area contributed by atoms with Crippen LogP contribution in [0.2, 0.25) is 4.34 Å². The van der Waals surface area contributed by atoms with Gasteiger partial charge in [-0.05, 0) is 28.3 Å². The summed E-state index contributed by atoms with van der Waals surface area (Å²) >= 11 is 7.25. The molecule has 0 aliphatic carbocycles. The highest BCUT2D eigenvalue weighted by Crippen LogP contribution is 2.28. The minimum atomic E-state index is -0.386. The Hall–Kier alpha value is -1.14. The van der Waals surface area contributed by atoms with Crippen molar-refractivity contribution in [2.24, 2.45) is 0 Å². The van der Waals surface area contributed by atoms with Gasteiger partial charge in [0.25, 0.3) is 0 Å². The molecule has 0 aliphatic heterocycles. The van der Waals surface area contributed by atoms with E-state index in [4.69, 9.17) is 11.6 Å². The van der Waals surface area contributed by atoms with Gasteiger partial charge in [-0.25, -0.2) is 9.89 Å². The fraction of sp³-hybridized carbons (Fsp3) is 0.167. The lowest BCUT2D eigenvalue weighted by Crippen LogP contribution is -2.16. The second-order valence-electron chi connectivity index (χ2n) is 2.46. The lowest BCUT2D eigenvalue weighted by Gasteiger charge is -1.95. The lowest BCUT2D eigenvalue weighted by atomic mass is 10.3. The number of H-pyrrole nitrogens is 1. The Morgan fingerprint density at radius 1 is 1.69 bits per heavy atom. The largest absolute Gasteiger partial charge is 0.365 e. The average molecular weight is 217 g/mol. The predicted molar refractivity (Wildman–Crippen MR) is 49.6 cm³/mol. The molecule has 1 N–H and O–H groups in total. The van der Waals surface area contributed by atoms with Gasteiger partial charge in [0.15, 0.2) is 0 Å². The van der Waals surface area contributed by atoms with Gasteiger partial charge in [0.05, 0.1) is 0 Å². The van der Waals surface area contributed by atoms with Crippen LogP contribution in [-0.4, -0.2) is 20.2 Å². The van der Waals surface area contributed by atoms with Crippen LogP contribution in [0.1, 0.15) is 5.56 Å². The number of nitrogens with one attached hydrogen (secondary N) is 1. The molecule has 2 heterocycles. The maximum atomic E-state index is 11.2. The van der Waals surface area contributed by atoms with E-state index in [2.05, 4.69) is 15.5 Å². The summed E-state index contributed by atoms with van der Waals surface area (Å²) in [6.45, 7) is 1.86. The molecule has 0 bridgehead atoms. The van der Waals surface area contributed by atoms with Crippen LogP contribution < -0.4 is 5.69 Å². The standard InChI is InChI=1S/C6H5ClN4OS/c1-3-2-13-5(7)4(3)11-6(12)8-9-10-11/h2H,1H3,(H,8,10,12). The van der Waals surface area contributed by atoms with Crippen molar-refractivity contribution in [3.05, 3.63) is 25.8 Å². The van der Waals surface area contributed by atoms with Gasteiger partial charge in [-0.3, -0.25) is 0 Å². The Balaban J connectivity index is 2.71. The zero-order valence-corrected chi connectivity index (χ0v) is 8.19. The number of thiophene rings is 1. The van der Waals surface area contributed by atoms with Gasteiger partial charge in [0, 0.05) is 0 Å². The van der Waals surface area contributed by atoms with Gasteiger partial charge in [-0.1, -0.05) is 11.6 Å². The summed E-state index contributed by atoms with van der Waals surface area (Å²) in [5.74, 6) is 0. The number of tetrazole rings is 1. The van der Waals surface area contributed by atoms with E-state index in [-0.39, 0.29) is 5.69 Å². The smallest absolute Gasteiger partial charge is 0.244 e. The summed E-state index contributed by atoms with van der Waals surface area (Å²) in [6, 6.07) is 0. The zero-order chi connectivity index (χ0) is 9.42. The van der Waals surface area contributed by atoms with Crippen LogP contribution in [0.5, 0.6) is 0 Å². The first kappa shape index (κ1) is 8.46. The molecule has 0 atom stereocenters. The van der Waals surface area contributed by atoms with Crippen molar-refractivity contribution >= 4 is 22.9 Å². The van der Waals surface area contributed by atoms with Crippen molar-refractivity contribution in [2.45, 2.75) is 6.92 Å². The van der Waals surface area contributed by atoms with E-state index in [1.165, 1.54) is 11.3 Å². The predicted octanol–water partition coefficient (Wildman–Crippen LogP) is 0.979. The van der Waals surface area contributed by atoms with Gasteiger partial charge in [0.1, 0.15) is 10.0 Å². The number of aryl methyl sites for hydroxylation is 1. The molecule has 0 aromatic carbocycles. The molecular weight excluding hydrogens is 212 g/mol. The van der Waals surface area contributed by atoms with Gasteiger partial charge in [0.2, 0.25) is 0 Å². The first-order chi connectivity index (χ1) is 6.20. The number of aromatic nitrogens is 4. The fourth-order valence-electron chi connectivity index (χ4n) is 1.00. The molecule has 7 heteroatoms. The molecule has 2 aromatic heterocycles. The molecule has 0 radical (unpaired) electrons. The Bertz CT molecular complexity index is 465. The molecule has 13 heavy (non-hydrogen) atoms. The van der Waals surface area contributed by atoms with Crippen LogP contribution in [-0.2, 0) is 0 Å². The molecular formula is C6H5ClN4OS. The Morgan fingerprint density at radius 3 is 2.92 bits per heavy atom. The lowest BCUT2D eigenvalue weighted by molar-refractivity contribution is 0.778. The number of hydrogen-bond donors (Lipinski definition) is 1. The highest BCUT2D eigenvalue weighted by atomic mass is 35.5. The van der Waals surface area contributed by atoms with Crippen LogP contribution in [0.25, 0.3) is 5.69 Å². The van der Waals surface area contributed by atoms with E-state index < -0.39 is 0 Å². The maximum absolute atomic E-state index is 11.2. The average Bonchev–Trinajstić information content (AvgIpc) is 2.60. The molecule has 68 valence electrons. The van der Waals surface area contributed by atoms with E-state index in [0.29, 0.717) is 10.0 Å². The molecule has 0 unspecified atom stereocenters. The molecule has 2 rings (SSSR count). The SMILES string of the molecule is Cc1csc(Cl)c1-n1nn[nH]c1=O. The molecule has 0 saturated heterocycles. The fourth-order valence-corrected chi connectivity index (χ4v) is 2.11. The summed E-state index contributed by atoms with van der Waals surface area (Å²) in [5, 5.41) is 11.0. The molecule has 0 amide bonds. The minimum absolute atomic E-state index is 0.386. The van der Waals surface area contributed by atoms with Crippen LogP contribution >= 0.6 is 22.9 Å². The van der Waals surface area contributed by atoms with E-state index in [9.17, 15) is 4.79 Å². The minimum Gasteiger partial charge on any atom is -0.244 e. The summed E-state index contributed by atoms with van der Waals surface area (Å²) in [5.41, 5.74) is 1.12. The van der Waals surface area contributed by atoms with E-state index in [1.807, 2.05) is 12.3 Å². The van der Waals surface area contributed by atoms with Crippen molar-refractivity contribution in [3.8, 4) is 5.69 Å². The number of rotatable bonds is 1. The molecule has 0 saturated carbocycles. The topological polar surface area (TPSA) is 63.6 Å². The third-order valence-corrected chi connectivity index (χ3v) is 2.90. The Labute approximate surface area is 81.9 Å².